The third-order valence-corrected chi connectivity index (χ3v) is 4.55. The zero-order chi connectivity index (χ0) is 16.5. The number of hydrogen-bond donors (Lipinski definition) is 1. The molecule has 0 bridgehead atoms. The van der Waals surface area contributed by atoms with E-state index in [4.69, 9.17) is 11.6 Å². The molecule has 1 aliphatic rings. The second kappa shape index (κ2) is 6.26. The van der Waals surface area contributed by atoms with Crippen LogP contribution in [0.15, 0.2) is 53.5 Å². The number of benzene rings is 1. The molecule has 0 fully saturated rings. The second-order valence-corrected chi connectivity index (χ2v) is 6.43. The SMILES string of the molecule is O=c1c2c([nH]n1-c1ccc(Cl)cn1)CN(Cc1ccccc1)CC2. The van der Waals surface area contributed by atoms with Crippen molar-refractivity contribution in [2.75, 3.05) is 6.54 Å². The molecule has 0 spiro atoms. The average Bonchev–Trinajstić information content (AvgIpc) is 2.93. The van der Waals surface area contributed by atoms with E-state index >= 15 is 0 Å². The van der Waals surface area contributed by atoms with Gasteiger partial charge >= 0.3 is 0 Å². The molecular weight excluding hydrogens is 324 g/mol. The van der Waals surface area contributed by atoms with Gasteiger partial charge in [-0.05, 0) is 24.1 Å². The van der Waals surface area contributed by atoms with E-state index in [1.807, 2.05) is 6.07 Å². The van der Waals surface area contributed by atoms with Gasteiger partial charge in [0.25, 0.3) is 5.56 Å². The number of nitrogens with zero attached hydrogens (tertiary/aromatic N) is 3. The molecule has 0 unspecified atom stereocenters. The van der Waals surface area contributed by atoms with E-state index in [0.29, 0.717) is 10.8 Å². The lowest BCUT2D eigenvalue weighted by Crippen LogP contribution is -2.31. The van der Waals surface area contributed by atoms with E-state index in [1.54, 1.807) is 18.3 Å². The van der Waals surface area contributed by atoms with Crippen LogP contribution >= 0.6 is 11.6 Å². The molecule has 24 heavy (non-hydrogen) atoms. The molecule has 122 valence electrons. The van der Waals surface area contributed by atoms with E-state index in [-0.39, 0.29) is 5.56 Å². The molecule has 5 nitrogen and oxygen atoms in total. The summed E-state index contributed by atoms with van der Waals surface area (Å²) in [7, 11) is 0. The quantitative estimate of drug-likeness (QED) is 0.797. The third-order valence-electron chi connectivity index (χ3n) is 4.32. The van der Waals surface area contributed by atoms with Gasteiger partial charge in [0.15, 0.2) is 5.82 Å². The van der Waals surface area contributed by atoms with Crippen molar-refractivity contribution in [2.45, 2.75) is 19.5 Å². The fourth-order valence-electron chi connectivity index (χ4n) is 3.12. The van der Waals surface area contributed by atoms with Crippen molar-refractivity contribution in [1.29, 1.82) is 0 Å². The maximum atomic E-state index is 12.6. The van der Waals surface area contributed by atoms with Gasteiger partial charge in [-0.2, -0.15) is 0 Å². The Bertz CT molecular complexity index is 899. The zero-order valence-corrected chi connectivity index (χ0v) is 13.8. The van der Waals surface area contributed by atoms with Gasteiger partial charge in [-0.1, -0.05) is 41.9 Å². The van der Waals surface area contributed by atoms with Crippen molar-refractivity contribution in [3.05, 3.63) is 80.9 Å². The molecular formula is C18H17ClN4O. The summed E-state index contributed by atoms with van der Waals surface area (Å²) in [5.74, 6) is 0.563. The zero-order valence-electron chi connectivity index (χ0n) is 13.1. The highest BCUT2D eigenvalue weighted by Gasteiger charge is 2.23. The molecule has 1 aliphatic heterocycles. The lowest BCUT2D eigenvalue weighted by molar-refractivity contribution is 0.242. The highest BCUT2D eigenvalue weighted by atomic mass is 35.5. The van der Waals surface area contributed by atoms with Crippen LogP contribution in [-0.4, -0.2) is 26.2 Å². The first kappa shape index (κ1) is 15.2. The molecule has 0 radical (unpaired) electrons. The van der Waals surface area contributed by atoms with Crippen molar-refractivity contribution in [3.8, 4) is 5.82 Å². The summed E-state index contributed by atoms with van der Waals surface area (Å²) >= 11 is 5.87. The third kappa shape index (κ3) is 2.88. The van der Waals surface area contributed by atoms with Crippen LogP contribution in [-0.2, 0) is 19.5 Å². The summed E-state index contributed by atoms with van der Waals surface area (Å²) in [6.45, 7) is 2.50. The van der Waals surface area contributed by atoms with Crippen molar-refractivity contribution < 1.29 is 0 Å². The van der Waals surface area contributed by atoms with E-state index in [9.17, 15) is 4.79 Å². The fourth-order valence-corrected chi connectivity index (χ4v) is 3.23. The van der Waals surface area contributed by atoms with Crippen LogP contribution in [0, 0.1) is 0 Å². The van der Waals surface area contributed by atoms with Gasteiger partial charge in [0.2, 0.25) is 0 Å². The van der Waals surface area contributed by atoms with Crippen molar-refractivity contribution in [3.63, 3.8) is 0 Å². The molecule has 6 heteroatoms. The van der Waals surface area contributed by atoms with Gasteiger partial charge < -0.3 is 0 Å². The number of hydrogen-bond acceptors (Lipinski definition) is 3. The number of rotatable bonds is 3. The van der Waals surface area contributed by atoms with Gasteiger partial charge in [0, 0.05) is 31.4 Å². The molecule has 0 atom stereocenters. The Hall–Kier alpha value is -2.37. The molecule has 0 saturated heterocycles. The normalized spacial score (nSPS) is 14.5. The molecule has 2 aromatic heterocycles. The standard InChI is InChI=1S/C18H17ClN4O/c19-14-6-7-17(20-10-14)23-18(24)15-8-9-22(12-16(15)21-23)11-13-4-2-1-3-5-13/h1-7,10,21H,8-9,11-12H2. The molecule has 1 N–H and O–H groups in total. The number of pyridine rings is 1. The lowest BCUT2D eigenvalue weighted by atomic mass is 10.1. The summed E-state index contributed by atoms with van der Waals surface area (Å²) in [4.78, 5) is 19.2. The largest absolute Gasteiger partial charge is 0.293 e. The summed E-state index contributed by atoms with van der Waals surface area (Å²) in [6, 6.07) is 13.9. The molecule has 0 amide bonds. The minimum absolute atomic E-state index is 0.0146. The van der Waals surface area contributed by atoms with Crippen LogP contribution < -0.4 is 5.56 Å². The average molecular weight is 341 g/mol. The summed E-state index contributed by atoms with van der Waals surface area (Å²) in [5, 5.41) is 3.76. The first-order valence-corrected chi connectivity index (χ1v) is 8.29. The Morgan fingerprint density at radius 1 is 1.17 bits per heavy atom. The molecule has 0 aliphatic carbocycles. The van der Waals surface area contributed by atoms with Gasteiger partial charge in [0.1, 0.15) is 0 Å². The Morgan fingerprint density at radius 2 is 2.00 bits per heavy atom. The maximum absolute atomic E-state index is 12.6. The van der Waals surface area contributed by atoms with Crippen molar-refractivity contribution >= 4 is 11.6 Å². The number of aromatic amines is 1. The lowest BCUT2D eigenvalue weighted by Gasteiger charge is -2.25. The van der Waals surface area contributed by atoms with Gasteiger partial charge in [-0.3, -0.25) is 14.8 Å². The molecule has 1 aromatic carbocycles. The van der Waals surface area contributed by atoms with E-state index in [2.05, 4.69) is 39.2 Å². The van der Waals surface area contributed by atoms with Gasteiger partial charge in [-0.15, -0.1) is 0 Å². The van der Waals surface area contributed by atoms with Crippen LogP contribution in [0.4, 0.5) is 0 Å². The highest BCUT2D eigenvalue weighted by molar-refractivity contribution is 6.30. The summed E-state index contributed by atoms with van der Waals surface area (Å²) in [6.07, 6.45) is 2.29. The van der Waals surface area contributed by atoms with Crippen LogP contribution in [0.3, 0.4) is 0 Å². The van der Waals surface area contributed by atoms with E-state index in [1.165, 1.54) is 10.2 Å². The topological polar surface area (TPSA) is 53.9 Å². The number of halogens is 1. The predicted octanol–water partition coefficient (Wildman–Crippen LogP) is 2.77. The smallest absolute Gasteiger partial charge is 0.276 e. The van der Waals surface area contributed by atoms with Gasteiger partial charge in [-0.25, -0.2) is 9.67 Å². The molecule has 4 rings (SSSR count). The molecule has 0 saturated carbocycles. The molecule has 3 heterocycles. The minimum Gasteiger partial charge on any atom is -0.293 e. The van der Waals surface area contributed by atoms with Crippen molar-refractivity contribution in [2.24, 2.45) is 0 Å². The Labute approximate surface area is 144 Å². The van der Waals surface area contributed by atoms with Crippen LogP contribution in [0.1, 0.15) is 16.8 Å². The minimum atomic E-state index is -0.0146. The van der Waals surface area contributed by atoms with Gasteiger partial charge in [0.05, 0.1) is 10.7 Å². The maximum Gasteiger partial charge on any atom is 0.276 e. The number of H-pyrrole nitrogens is 1. The monoisotopic (exact) mass is 340 g/mol. The fraction of sp³-hybridized carbons (Fsp3) is 0.222. The Morgan fingerprint density at radius 3 is 2.75 bits per heavy atom. The first-order valence-electron chi connectivity index (χ1n) is 7.92. The Kier molecular flexibility index (Phi) is 3.96. The van der Waals surface area contributed by atoms with Crippen molar-refractivity contribution in [1.82, 2.24) is 19.7 Å². The predicted molar refractivity (Wildman–Crippen MR) is 93.5 cm³/mol. The highest BCUT2D eigenvalue weighted by Crippen LogP contribution is 2.18. The van der Waals surface area contributed by atoms with Crippen LogP contribution in [0.2, 0.25) is 5.02 Å². The summed E-state index contributed by atoms with van der Waals surface area (Å²) < 4.78 is 1.51. The number of fused-ring (bicyclic) bond motifs is 1. The number of nitrogens with one attached hydrogen (secondary N) is 1. The van der Waals surface area contributed by atoms with Crippen LogP contribution in [0.25, 0.3) is 5.82 Å². The first-order chi connectivity index (χ1) is 11.7. The molecule has 3 aromatic rings. The Balaban J connectivity index is 1.59. The van der Waals surface area contributed by atoms with E-state index in [0.717, 1.165) is 37.3 Å². The number of aromatic nitrogens is 3. The van der Waals surface area contributed by atoms with Crippen LogP contribution in [0.5, 0.6) is 0 Å². The van der Waals surface area contributed by atoms with E-state index < -0.39 is 0 Å². The summed E-state index contributed by atoms with van der Waals surface area (Å²) in [5.41, 5.74) is 3.09. The second-order valence-electron chi connectivity index (χ2n) is 5.99.